The summed E-state index contributed by atoms with van der Waals surface area (Å²) >= 11 is 0. The van der Waals surface area contributed by atoms with E-state index in [0.29, 0.717) is 5.56 Å². The number of hydrogen-bond donors (Lipinski definition) is 2. The summed E-state index contributed by atoms with van der Waals surface area (Å²) in [5, 5.41) is 0. The number of fused-ring (bicyclic) bond motifs is 1. The average molecular weight is 516 g/mol. The van der Waals surface area contributed by atoms with Crippen molar-refractivity contribution in [2.75, 3.05) is 12.1 Å². The lowest BCUT2D eigenvalue weighted by atomic mass is 10.1. The molecule has 1 aromatic carbocycles. The fourth-order valence-corrected chi connectivity index (χ4v) is 3.60. The number of anilines is 1. The van der Waals surface area contributed by atoms with Crippen LogP contribution >= 0.6 is 0 Å². The predicted molar refractivity (Wildman–Crippen MR) is 121 cm³/mol. The van der Waals surface area contributed by atoms with Crippen molar-refractivity contribution >= 4 is 29.7 Å². The normalized spacial score (nSPS) is 23.5. The van der Waals surface area contributed by atoms with Crippen molar-refractivity contribution in [3.63, 3.8) is 0 Å². The minimum absolute atomic E-state index is 0.0967. The van der Waals surface area contributed by atoms with Gasteiger partial charge in [0.2, 0.25) is 0 Å². The molecule has 0 bridgehead atoms. The molecule has 37 heavy (non-hydrogen) atoms. The molecular formula is C23H24N4O10. The van der Waals surface area contributed by atoms with Crippen LogP contribution in [0.25, 0.3) is 0 Å². The highest BCUT2D eigenvalue weighted by atomic mass is 16.7. The number of rotatable bonds is 8. The van der Waals surface area contributed by atoms with Crippen LogP contribution in [0.2, 0.25) is 0 Å². The number of nitrogens with zero attached hydrogens (tertiary/aromatic N) is 2. The third kappa shape index (κ3) is 5.59. The van der Waals surface area contributed by atoms with Gasteiger partial charge in [-0.15, -0.1) is 0 Å². The van der Waals surface area contributed by atoms with E-state index in [1.165, 1.54) is 12.3 Å². The molecule has 0 amide bonds. The molecule has 1 aromatic heterocycles. The lowest BCUT2D eigenvalue weighted by Crippen LogP contribution is -2.48. The Balaban J connectivity index is 1.48. The largest absolute Gasteiger partial charge is 0.459 e. The van der Waals surface area contributed by atoms with E-state index in [4.69, 9.17) is 29.5 Å². The summed E-state index contributed by atoms with van der Waals surface area (Å²) in [5.41, 5.74) is 7.39. The van der Waals surface area contributed by atoms with Crippen LogP contribution in [-0.2, 0) is 38.2 Å². The smallest absolute Gasteiger partial charge is 0.418 e. The summed E-state index contributed by atoms with van der Waals surface area (Å²) in [6, 6.07) is 8.59. The number of carbonyl (C=O) groups is 4. The maximum Gasteiger partial charge on any atom is 0.418 e. The molecule has 3 heterocycles. The Morgan fingerprint density at radius 1 is 1.08 bits per heavy atom. The van der Waals surface area contributed by atoms with Gasteiger partial charge in [0.05, 0.1) is 5.56 Å². The Morgan fingerprint density at radius 3 is 2.41 bits per heavy atom. The van der Waals surface area contributed by atoms with E-state index in [0.717, 1.165) is 4.57 Å². The van der Waals surface area contributed by atoms with Gasteiger partial charge in [0.25, 0.3) is 0 Å². The first kappa shape index (κ1) is 25.8. The maximum absolute atomic E-state index is 12.7. The molecule has 14 nitrogen and oxygen atoms in total. The summed E-state index contributed by atoms with van der Waals surface area (Å²) in [4.78, 5) is 69.2. The Kier molecular flexibility index (Phi) is 7.50. The number of esters is 3. The van der Waals surface area contributed by atoms with Crippen LogP contribution in [-0.4, -0.2) is 64.4 Å². The van der Waals surface area contributed by atoms with Crippen molar-refractivity contribution in [1.82, 2.24) is 9.55 Å². The van der Waals surface area contributed by atoms with Crippen molar-refractivity contribution in [1.29, 1.82) is 0 Å². The molecule has 0 spiro atoms. The van der Waals surface area contributed by atoms with E-state index in [1.807, 2.05) is 0 Å². The topological polar surface area (TPSA) is 187 Å². The Bertz CT molecular complexity index is 1250. The molecule has 0 saturated carbocycles. The van der Waals surface area contributed by atoms with Crippen LogP contribution in [0.15, 0.2) is 47.4 Å². The zero-order valence-electron chi connectivity index (χ0n) is 19.8. The molecule has 2 saturated heterocycles. The number of nitrogens with one attached hydrogen (secondary N) is 1. The number of ether oxygens (including phenoxy) is 4. The van der Waals surface area contributed by atoms with Gasteiger partial charge in [-0.05, 0) is 18.1 Å². The van der Waals surface area contributed by atoms with Crippen LogP contribution in [0.1, 0.15) is 30.4 Å². The summed E-state index contributed by atoms with van der Waals surface area (Å²) in [6.45, 7) is 3.13. The summed E-state index contributed by atoms with van der Waals surface area (Å²) < 4.78 is 22.4. The number of aromatic nitrogens is 2. The minimum atomic E-state index is -1.26. The van der Waals surface area contributed by atoms with Crippen molar-refractivity contribution < 1.29 is 43.0 Å². The lowest BCUT2D eigenvalue weighted by molar-refractivity contribution is -0.195. The highest BCUT2D eigenvalue weighted by molar-refractivity contribution is 6.30. The fourth-order valence-electron chi connectivity index (χ4n) is 3.60. The van der Waals surface area contributed by atoms with Crippen molar-refractivity contribution in [3.05, 3.63) is 58.6 Å². The molecule has 2 fully saturated rings. The van der Waals surface area contributed by atoms with Gasteiger partial charge in [0.15, 0.2) is 24.3 Å². The number of hydrogen-bond acceptors (Lipinski definition) is 13. The first-order chi connectivity index (χ1) is 17.7. The molecular weight excluding hydrogens is 492 g/mol. The average Bonchev–Trinajstić information content (AvgIpc) is 3.22. The van der Waals surface area contributed by atoms with Gasteiger partial charge < -0.3 is 29.5 Å². The molecule has 0 aliphatic carbocycles. The number of benzene rings is 1. The van der Waals surface area contributed by atoms with E-state index in [-0.39, 0.29) is 18.3 Å². The second-order valence-electron chi connectivity index (χ2n) is 8.57. The molecule has 0 radical (unpaired) electrons. The predicted octanol–water partition coefficient (Wildman–Crippen LogP) is -0.312. The highest BCUT2D eigenvalue weighted by Gasteiger charge is 2.55. The Labute approximate surface area is 209 Å². The zero-order valence-corrected chi connectivity index (χ0v) is 19.8. The Morgan fingerprint density at radius 2 is 1.76 bits per heavy atom. The molecule has 196 valence electrons. The first-order valence-corrected chi connectivity index (χ1v) is 11.3. The van der Waals surface area contributed by atoms with E-state index in [9.17, 15) is 24.0 Å². The van der Waals surface area contributed by atoms with Crippen molar-refractivity contribution in [3.8, 4) is 0 Å². The molecule has 2 aliphatic rings. The Hall–Kier alpha value is -4.30. The number of nitrogens with two attached hydrogens (primary N) is 1. The van der Waals surface area contributed by atoms with Gasteiger partial charge in [-0.2, -0.15) is 4.98 Å². The molecule has 0 unspecified atom stereocenters. The minimum Gasteiger partial charge on any atom is -0.459 e. The lowest BCUT2D eigenvalue weighted by Gasteiger charge is -2.28. The standard InChI is InChI=1S/C23H24N4O10/c1-11(2)15(24)20(29)37-26-14-8-9-27(23(32)25-14)18-17-16(35-21(30)22(31)36-17)13(34-18)10-33-19(28)12-6-4-3-5-7-12/h3-9,11,13,15-18H,10,24H2,1-2H3,(H,25,26,32)/t13-,15+,16-,17-,18-/m1/s1. The van der Waals surface area contributed by atoms with Gasteiger partial charge >= 0.3 is 29.6 Å². The van der Waals surface area contributed by atoms with Gasteiger partial charge in [-0.3, -0.25) is 4.57 Å². The monoisotopic (exact) mass is 516 g/mol. The van der Waals surface area contributed by atoms with Crippen LogP contribution in [0.5, 0.6) is 0 Å². The highest BCUT2D eigenvalue weighted by Crippen LogP contribution is 2.35. The van der Waals surface area contributed by atoms with Crippen LogP contribution in [0.4, 0.5) is 5.82 Å². The zero-order chi connectivity index (χ0) is 26.7. The van der Waals surface area contributed by atoms with Crippen LogP contribution in [0, 0.1) is 5.92 Å². The molecule has 4 rings (SSSR count). The molecule has 14 heteroatoms. The second kappa shape index (κ2) is 10.8. The van der Waals surface area contributed by atoms with Gasteiger partial charge in [0, 0.05) is 12.3 Å². The summed E-state index contributed by atoms with van der Waals surface area (Å²) in [5.74, 6) is -4.16. The second-order valence-corrected chi connectivity index (χ2v) is 8.57. The van der Waals surface area contributed by atoms with Crippen LogP contribution < -0.4 is 16.9 Å². The molecule has 2 aromatic rings. The van der Waals surface area contributed by atoms with E-state index < -0.39 is 60.1 Å². The third-order valence-corrected chi connectivity index (χ3v) is 5.68. The summed E-state index contributed by atoms with van der Waals surface area (Å²) in [6.07, 6.45) is -3.43. The van der Waals surface area contributed by atoms with Crippen molar-refractivity contribution in [2.24, 2.45) is 11.7 Å². The van der Waals surface area contributed by atoms with E-state index >= 15 is 0 Å². The quantitative estimate of drug-likeness (QED) is 0.201. The molecule has 5 atom stereocenters. The number of carbonyl (C=O) groups excluding carboxylic acids is 4. The van der Waals surface area contributed by atoms with Crippen LogP contribution in [0.3, 0.4) is 0 Å². The molecule has 2 aliphatic heterocycles. The van der Waals surface area contributed by atoms with Gasteiger partial charge in [0.1, 0.15) is 18.8 Å². The van der Waals surface area contributed by atoms with Crippen molar-refractivity contribution in [2.45, 2.75) is 44.4 Å². The fraction of sp³-hybridized carbons (Fsp3) is 0.391. The molecule has 3 N–H and O–H groups in total. The third-order valence-electron chi connectivity index (χ3n) is 5.68. The first-order valence-electron chi connectivity index (χ1n) is 11.3. The van der Waals surface area contributed by atoms with E-state index in [2.05, 4.69) is 10.5 Å². The van der Waals surface area contributed by atoms with Gasteiger partial charge in [-0.25, -0.2) is 29.5 Å². The maximum atomic E-state index is 12.7. The SMILES string of the molecule is CC(C)[C@H](N)C(=O)ONc1ccn([C@@H]2O[C@H](COC(=O)c3ccccc3)[C@H]3OC(=O)C(=O)O[C@H]32)c(=O)n1. The van der Waals surface area contributed by atoms with Gasteiger partial charge in [-0.1, -0.05) is 32.0 Å². The summed E-state index contributed by atoms with van der Waals surface area (Å²) in [7, 11) is 0. The van der Waals surface area contributed by atoms with E-state index in [1.54, 1.807) is 44.2 Å².